The maximum absolute atomic E-state index is 12.4. The second-order valence-corrected chi connectivity index (χ2v) is 7.07. The van der Waals surface area contributed by atoms with Crippen molar-refractivity contribution in [3.8, 4) is 11.5 Å². The molecule has 0 aromatic heterocycles. The van der Waals surface area contributed by atoms with Crippen LogP contribution in [-0.2, 0) is 4.79 Å². The molecule has 1 N–H and O–H groups in total. The third kappa shape index (κ3) is 4.83. The van der Waals surface area contributed by atoms with Crippen molar-refractivity contribution in [2.24, 2.45) is 0 Å². The first kappa shape index (κ1) is 19.7. The van der Waals surface area contributed by atoms with E-state index in [0.717, 1.165) is 16.5 Å². The van der Waals surface area contributed by atoms with Crippen molar-refractivity contribution in [3.05, 3.63) is 72.3 Å². The lowest BCUT2D eigenvalue weighted by Crippen LogP contribution is -2.38. The fraction of sp³-hybridized carbons (Fsp3) is 0.292. The van der Waals surface area contributed by atoms with Gasteiger partial charge in [0.25, 0.3) is 5.91 Å². The van der Waals surface area contributed by atoms with Gasteiger partial charge in [0.05, 0.1) is 6.54 Å². The molecule has 0 bridgehead atoms. The fourth-order valence-corrected chi connectivity index (χ4v) is 3.11. The SMILES string of the molecule is CC(Oc1cccc2ccccc12)C(=O)NCCOc1ccccc1C(C)C. The molecule has 3 rings (SSSR count). The molecule has 1 unspecified atom stereocenters. The zero-order valence-corrected chi connectivity index (χ0v) is 16.6. The summed E-state index contributed by atoms with van der Waals surface area (Å²) >= 11 is 0. The van der Waals surface area contributed by atoms with Gasteiger partial charge in [-0.2, -0.15) is 0 Å². The normalized spacial score (nSPS) is 12.0. The number of carbonyl (C=O) groups is 1. The summed E-state index contributed by atoms with van der Waals surface area (Å²) < 4.78 is 11.8. The molecule has 0 aliphatic heterocycles. The highest BCUT2D eigenvalue weighted by molar-refractivity contribution is 5.89. The van der Waals surface area contributed by atoms with Gasteiger partial charge in [-0.3, -0.25) is 4.79 Å². The van der Waals surface area contributed by atoms with E-state index < -0.39 is 6.10 Å². The lowest BCUT2D eigenvalue weighted by atomic mass is 10.0. The minimum Gasteiger partial charge on any atom is -0.491 e. The average molecular weight is 377 g/mol. The molecule has 3 aromatic carbocycles. The Bertz CT molecular complexity index is 931. The molecular formula is C24H27NO3. The summed E-state index contributed by atoms with van der Waals surface area (Å²) in [6.45, 7) is 6.86. The summed E-state index contributed by atoms with van der Waals surface area (Å²) in [5, 5.41) is 4.97. The van der Waals surface area contributed by atoms with Crippen LogP contribution in [0.2, 0.25) is 0 Å². The van der Waals surface area contributed by atoms with Crippen molar-refractivity contribution in [1.29, 1.82) is 0 Å². The first-order valence-corrected chi connectivity index (χ1v) is 9.70. The van der Waals surface area contributed by atoms with Gasteiger partial charge < -0.3 is 14.8 Å². The number of benzene rings is 3. The second-order valence-electron chi connectivity index (χ2n) is 7.07. The monoisotopic (exact) mass is 377 g/mol. The van der Waals surface area contributed by atoms with Gasteiger partial charge in [-0.15, -0.1) is 0 Å². The molecule has 0 heterocycles. The van der Waals surface area contributed by atoms with Crippen LogP contribution in [-0.4, -0.2) is 25.2 Å². The van der Waals surface area contributed by atoms with E-state index in [1.165, 1.54) is 5.56 Å². The largest absolute Gasteiger partial charge is 0.491 e. The molecule has 1 atom stereocenters. The van der Waals surface area contributed by atoms with Crippen molar-refractivity contribution in [3.63, 3.8) is 0 Å². The van der Waals surface area contributed by atoms with E-state index in [9.17, 15) is 4.79 Å². The third-order valence-electron chi connectivity index (χ3n) is 4.62. The number of rotatable bonds is 8. The highest BCUT2D eigenvalue weighted by Crippen LogP contribution is 2.26. The lowest BCUT2D eigenvalue weighted by molar-refractivity contribution is -0.127. The molecule has 1 amide bonds. The van der Waals surface area contributed by atoms with E-state index in [4.69, 9.17) is 9.47 Å². The molecular weight excluding hydrogens is 350 g/mol. The van der Waals surface area contributed by atoms with Gasteiger partial charge in [-0.05, 0) is 35.9 Å². The van der Waals surface area contributed by atoms with E-state index in [1.807, 2.05) is 60.7 Å². The highest BCUT2D eigenvalue weighted by atomic mass is 16.5. The van der Waals surface area contributed by atoms with E-state index in [-0.39, 0.29) is 5.91 Å². The summed E-state index contributed by atoms with van der Waals surface area (Å²) in [6.07, 6.45) is -0.589. The smallest absolute Gasteiger partial charge is 0.260 e. The van der Waals surface area contributed by atoms with Crippen LogP contribution < -0.4 is 14.8 Å². The standard InChI is InChI=1S/C24H27NO3/c1-17(2)20-11-6-7-13-22(20)27-16-15-25-24(26)18(3)28-23-14-8-10-19-9-4-5-12-21(19)23/h4-14,17-18H,15-16H2,1-3H3,(H,25,26). The molecule has 0 saturated carbocycles. The van der Waals surface area contributed by atoms with Crippen molar-refractivity contribution in [2.45, 2.75) is 32.8 Å². The Morgan fingerprint density at radius 3 is 2.39 bits per heavy atom. The Hall–Kier alpha value is -3.01. The van der Waals surface area contributed by atoms with Crippen LogP contribution in [0.3, 0.4) is 0 Å². The van der Waals surface area contributed by atoms with Crippen LogP contribution in [0, 0.1) is 0 Å². The predicted molar refractivity (Wildman–Crippen MR) is 113 cm³/mol. The molecule has 146 valence electrons. The lowest BCUT2D eigenvalue weighted by Gasteiger charge is -2.17. The highest BCUT2D eigenvalue weighted by Gasteiger charge is 2.15. The summed E-state index contributed by atoms with van der Waals surface area (Å²) in [5.74, 6) is 1.81. The summed E-state index contributed by atoms with van der Waals surface area (Å²) in [7, 11) is 0. The Balaban J connectivity index is 1.51. The average Bonchev–Trinajstić information content (AvgIpc) is 2.71. The molecule has 4 nitrogen and oxygen atoms in total. The van der Waals surface area contributed by atoms with Gasteiger partial charge in [0.2, 0.25) is 0 Å². The molecule has 0 spiro atoms. The number of nitrogens with one attached hydrogen (secondary N) is 1. The summed E-state index contributed by atoms with van der Waals surface area (Å²) in [6, 6.07) is 21.8. The van der Waals surface area contributed by atoms with Crippen LogP contribution in [0.1, 0.15) is 32.3 Å². The quantitative estimate of drug-likeness (QED) is 0.567. The van der Waals surface area contributed by atoms with Crippen molar-refractivity contribution in [2.75, 3.05) is 13.2 Å². The van der Waals surface area contributed by atoms with Gasteiger partial charge in [-0.1, -0.05) is 68.4 Å². The first-order chi connectivity index (χ1) is 13.6. The number of para-hydroxylation sites is 1. The molecule has 0 saturated heterocycles. The molecule has 0 fully saturated rings. The van der Waals surface area contributed by atoms with Gasteiger partial charge in [0, 0.05) is 5.39 Å². The Kier molecular flexibility index (Phi) is 6.53. The van der Waals surface area contributed by atoms with Crippen LogP contribution in [0.25, 0.3) is 10.8 Å². The maximum Gasteiger partial charge on any atom is 0.260 e. The zero-order chi connectivity index (χ0) is 19.9. The molecule has 0 radical (unpaired) electrons. The number of hydrogen-bond acceptors (Lipinski definition) is 3. The second kappa shape index (κ2) is 9.27. The minimum absolute atomic E-state index is 0.159. The maximum atomic E-state index is 12.4. The third-order valence-corrected chi connectivity index (χ3v) is 4.62. The molecule has 4 heteroatoms. The number of amides is 1. The van der Waals surface area contributed by atoms with E-state index in [2.05, 4.69) is 25.2 Å². The van der Waals surface area contributed by atoms with Gasteiger partial charge in [-0.25, -0.2) is 0 Å². The van der Waals surface area contributed by atoms with Gasteiger partial charge in [0.1, 0.15) is 18.1 Å². The molecule has 0 aliphatic rings. The fourth-order valence-electron chi connectivity index (χ4n) is 3.11. The van der Waals surface area contributed by atoms with E-state index in [1.54, 1.807) is 6.92 Å². The Labute approximate surface area is 166 Å². The minimum atomic E-state index is -0.589. The van der Waals surface area contributed by atoms with Crippen molar-refractivity contribution >= 4 is 16.7 Å². The van der Waals surface area contributed by atoms with Crippen LogP contribution in [0.4, 0.5) is 0 Å². The summed E-state index contributed by atoms with van der Waals surface area (Å²) in [5.41, 5.74) is 1.17. The topological polar surface area (TPSA) is 47.6 Å². The van der Waals surface area contributed by atoms with Crippen molar-refractivity contribution in [1.82, 2.24) is 5.32 Å². The van der Waals surface area contributed by atoms with E-state index >= 15 is 0 Å². The van der Waals surface area contributed by atoms with Crippen LogP contribution in [0.5, 0.6) is 11.5 Å². The number of fused-ring (bicyclic) bond motifs is 1. The molecule has 0 aliphatic carbocycles. The van der Waals surface area contributed by atoms with Crippen LogP contribution in [0.15, 0.2) is 66.7 Å². The number of carbonyl (C=O) groups excluding carboxylic acids is 1. The molecule has 28 heavy (non-hydrogen) atoms. The number of ether oxygens (including phenoxy) is 2. The van der Waals surface area contributed by atoms with Crippen LogP contribution >= 0.6 is 0 Å². The Morgan fingerprint density at radius 1 is 0.893 bits per heavy atom. The van der Waals surface area contributed by atoms with Gasteiger partial charge >= 0.3 is 0 Å². The first-order valence-electron chi connectivity index (χ1n) is 9.70. The van der Waals surface area contributed by atoms with Gasteiger partial charge in [0.15, 0.2) is 6.10 Å². The Morgan fingerprint density at radius 2 is 1.57 bits per heavy atom. The van der Waals surface area contributed by atoms with Crippen molar-refractivity contribution < 1.29 is 14.3 Å². The van der Waals surface area contributed by atoms with E-state index in [0.29, 0.717) is 24.8 Å². The zero-order valence-electron chi connectivity index (χ0n) is 16.6. The molecule has 3 aromatic rings. The number of hydrogen-bond donors (Lipinski definition) is 1. The predicted octanol–water partition coefficient (Wildman–Crippen LogP) is 4.93. The summed E-state index contributed by atoms with van der Waals surface area (Å²) in [4.78, 5) is 12.4.